The quantitative estimate of drug-likeness (QED) is 0.154. The molecule has 4 aliphatic carbocycles. The molecule has 0 aromatic heterocycles. The minimum absolute atomic E-state index is 0.0729. The number of rotatable bonds is 10. The van der Waals surface area contributed by atoms with E-state index in [-0.39, 0.29) is 29.3 Å². The Morgan fingerprint density at radius 3 is 2.14 bits per heavy atom. The third-order valence-electron chi connectivity index (χ3n) is 15.8. The molecule has 0 aromatic rings. The van der Waals surface area contributed by atoms with E-state index in [1.54, 1.807) is 21.0 Å². The average molecular weight is 801 g/mol. The molecule has 322 valence electrons. The number of ether oxygens (including phenoxy) is 8. The summed E-state index contributed by atoms with van der Waals surface area (Å²) in [7, 11) is 3.02. The molecule has 0 radical (unpaired) electrons. The first kappa shape index (κ1) is 43.2. The van der Waals surface area contributed by atoms with E-state index in [0.717, 1.165) is 38.5 Å². The van der Waals surface area contributed by atoms with Gasteiger partial charge in [0.2, 0.25) is 0 Å². The number of allylic oxidation sites excluding steroid dienone is 2. The number of fused-ring (bicyclic) bond motifs is 5. The Morgan fingerprint density at radius 2 is 1.45 bits per heavy atom. The molecule has 23 atom stereocenters. The highest BCUT2D eigenvalue weighted by molar-refractivity contribution is 5.21. The van der Waals surface area contributed by atoms with Crippen molar-refractivity contribution in [3.8, 4) is 0 Å². The highest BCUT2D eigenvalue weighted by Gasteiger charge is 2.66. The molecule has 0 aromatic carbocycles. The molecule has 56 heavy (non-hydrogen) atoms. The van der Waals surface area contributed by atoms with Crippen molar-refractivity contribution in [2.75, 3.05) is 20.8 Å². The zero-order valence-electron chi connectivity index (χ0n) is 34.0. The molecule has 3 saturated carbocycles. The van der Waals surface area contributed by atoms with Crippen LogP contribution in [0.4, 0.5) is 0 Å². The van der Waals surface area contributed by atoms with Crippen LogP contribution in [0.3, 0.4) is 0 Å². The lowest BCUT2D eigenvalue weighted by atomic mass is 9.46. The van der Waals surface area contributed by atoms with Gasteiger partial charge in [-0.3, -0.25) is 0 Å². The molecule has 3 saturated heterocycles. The molecule has 0 amide bonds. The van der Waals surface area contributed by atoms with Crippen molar-refractivity contribution in [2.24, 2.45) is 34.5 Å². The Labute approximate surface area is 330 Å². The van der Waals surface area contributed by atoms with Crippen molar-refractivity contribution < 1.29 is 73.6 Å². The SMILES string of the molecule is CO[C@H]1[C@@H](O)[C@@H](C)O[C@@H](O[C@H]2CC[C@@]3(C)[C@@H](C=C[C@@H]4[C@@H]3CC[C@@]3(C)[C@H]4CC[C@]3(O)[C@@H](C)O[C@H]3C[C@@H](OC)[C@H](O[C@@H]4O[C@H](CO)[C@@H](O)[C@H](O)[C@H]4O)[C@@H](C)O3)C2)[C@@H]1O. The van der Waals surface area contributed by atoms with Crippen molar-refractivity contribution >= 4 is 0 Å². The van der Waals surface area contributed by atoms with E-state index in [1.807, 2.05) is 6.92 Å². The molecule has 3 aliphatic heterocycles. The van der Waals surface area contributed by atoms with Crippen LogP contribution in [-0.2, 0) is 37.9 Å². The van der Waals surface area contributed by atoms with Crippen LogP contribution >= 0.6 is 0 Å². The van der Waals surface area contributed by atoms with Crippen molar-refractivity contribution in [3.63, 3.8) is 0 Å². The number of methoxy groups -OCH3 is 2. The normalized spacial score (nSPS) is 55.2. The third-order valence-corrected chi connectivity index (χ3v) is 15.8. The Balaban J connectivity index is 0.981. The summed E-state index contributed by atoms with van der Waals surface area (Å²) in [5, 5.41) is 74.6. The van der Waals surface area contributed by atoms with Gasteiger partial charge in [-0.25, -0.2) is 0 Å². The fourth-order valence-electron chi connectivity index (χ4n) is 12.2. The number of aliphatic hydroxyl groups excluding tert-OH is 6. The summed E-state index contributed by atoms with van der Waals surface area (Å²) in [5.74, 6) is 1.37. The second kappa shape index (κ2) is 16.5. The molecular weight excluding hydrogens is 732 g/mol. The van der Waals surface area contributed by atoms with Gasteiger partial charge in [-0.1, -0.05) is 26.0 Å². The number of hydrogen-bond acceptors (Lipinski definition) is 15. The second-order valence-corrected chi connectivity index (χ2v) is 18.5. The topological polar surface area (TPSA) is 215 Å². The molecule has 15 heteroatoms. The summed E-state index contributed by atoms with van der Waals surface area (Å²) in [4.78, 5) is 0. The molecule has 15 nitrogen and oxygen atoms in total. The first-order chi connectivity index (χ1) is 26.5. The van der Waals surface area contributed by atoms with Crippen molar-refractivity contribution in [1.82, 2.24) is 0 Å². The van der Waals surface area contributed by atoms with Crippen LogP contribution in [0.5, 0.6) is 0 Å². The van der Waals surface area contributed by atoms with Crippen LogP contribution in [0.25, 0.3) is 0 Å². The molecule has 0 unspecified atom stereocenters. The Hall–Kier alpha value is -0.860. The maximum Gasteiger partial charge on any atom is 0.187 e. The maximum absolute atomic E-state index is 12.7. The summed E-state index contributed by atoms with van der Waals surface area (Å²) in [5.41, 5.74) is -1.40. The molecule has 7 aliphatic rings. The Morgan fingerprint density at radius 1 is 0.732 bits per heavy atom. The molecule has 7 rings (SSSR count). The van der Waals surface area contributed by atoms with E-state index in [1.165, 1.54) is 7.11 Å². The summed E-state index contributed by atoms with van der Waals surface area (Å²) in [6.45, 7) is 9.59. The smallest absolute Gasteiger partial charge is 0.187 e. The van der Waals surface area contributed by atoms with Crippen LogP contribution in [-0.4, -0.2) is 160 Å². The number of aliphatic hydroxyl groups is 7. The zero-order chi connectivity index (χ0) is 40.5. The summed E-state index contributed by atoms with van der Waals surface area (Å²) in [6, 6.07) is 0. The fourth-order valence-corrected chi connectivity index (χ4v) is 12.2. The third kappa shape index (κ3) is 7.25. The van der Waals surface area contributed by atoms with E-state index >= 15 is 0 Å². The Kier molecular flexibility index (Phi) is 12.8. The van der Waals surface area contributed by atoms with Gasteiger partial charge in [-0.05, 0) is 94.8 Å². The highest BCUT2D eigenvalue weighted by atomic mass is 16.7. The van der Waals surface area contributed by atoms with E-state index < -0.39 is 104 Å². The van der Waals surface area contributed by atoms with Crippen molar-refractivity contribution in [1.29, 1.82) is 0 Å². The standard InChI is InChI=1S/C41H68O15/c1-19-30(43)36(50-7)34(47)38(52-19)54-23-10-13-39(4)22(16-23)8-9-24-25(39)11-14-40(5)26(24)12-15-41(40,48)21(3)53-29-17-27(49-6)35(20(2)51-29)56-37-33(46)32(45)31(44)28(18-42)55-37/h8-9,19-38,42-48H,10-18H2,1-7H3/t19-,20-,21-,22+,23+,24-,25+,26+,27-,28-,29+,30+,31-,32+,33-,34-,35-,36+,37+,38+,39+,40+,41+/m1/s1. The van der Waals surface area contributed by atoms with Gasteiger partial charge in [-0.2, -0.15) is 0 Å². The molecule has 0 spiro atoms. The molecule has 7 N–H and O–H groups in total. The average Bonchev–Trinajstić information content (AvgIpc) is 3.46. The van der Waals surface area contributed by atoms with Gasteiger partial charge in [0.25, 0.3) is 0 Å². The number of hydrogen-bond donors (Lipinski definition) is 7. The Bertz CT molecular complexity index is 1370. The minimum Gasteiger partial charge on any atom is -0.394 e. The van der Waals surface area contributed by atoms with Gasteiger partial charge in [0.05, 0.1) is 42.7 Å². The molecule has 0 bridgehead atoms. The van der Waals surface area contributed by atoms with E-state index in [2.05, 4.69) is 26.0 Å². The van der Waals surface area contributed by atoms with E-state index in [4.69, 9.17) is 37.9 Å². The first-order valence-electron chi connectivity index (χ1n) is 20.9. The van der Waals surface area contributed by atoms with Gasteiger partial charge in [0.15, 0.2) is 18.9 Å². The molecule has 6 fully saturated rings. The predicted molar refractivity (Wildman–Crippen MR) is 198 cm³/mol. The van der Waals surface area contributed by atoms with E-state index in [0.29, 0.717) is 24.2 Å². The van der Waals surface area contributed by atoms with Crippen LogP contribution in [0.1, 0.15) is 86.0 Å². The van der Waals surface area contributed by atoms with Crippen molar-refractivity contribution in [2.45, 2.75) is 190 Å². The van der Waals surface area contributed by atoms with Gasteiger partial charge in [0, 0.05) is 26.1 Å². The predicted octanol–water partition coefficient (Wildman–Crippen LogP) is 1.14. The monoisotopic (exact) mass is 800 g/mol. The van der Waals surface area contributed by atoms with Crippen LogP contribution in [0.2, 0.25) is 0 Å². The maximum atomic E-state index is 12.7. The van der Waals surface area contributed by atoms with Crippen molar-refractivity contribution in [3.05, 3.63) is 12.2 Å². The lowest BCUT2D eigenvalue weighted by Crippen LogP contribution is -2.62. The van der Waals surface area contributed by atoms with Gasteiger partial charge < -0.3 is 73.6 Å². The second-order valence-electron chi connectivity index (χ2n) is 18.5. The molecule has 3 heterocycles. The van der Waals surface area contributed by atoms with Crippen LogP contribution in [0, 0.1) is 34.5 Å². The van der Waals surface area contributed by atoms with Gasteiger partial charge in [-0.15, -0.1) is 0 Å². The lowest BCUT2D eigenvalue weighted by Gasteiger charge is -2.60. The van der Waals surface area contributed by atoms with Crippen LogP contribution < -0.4 is 0 Å². The first-order valence-corrected chi connectivity index (χ1v) is 20.9. The van der Waals surface area contributed by atoms with E-state index in [9.17, 15) is 35.7 Å². The largest absolute Gasteiger partial charge is 0.394 e. The summed E-state index contributed by atoms with van der Waals surface area (Å²) >= 11 is 0. The highest BCUT2D eigenvalue weighted by Crippen LogP contribution is 2.67. The zero-order valence-corrected chi connectivity index (χ0v) is 34.0. The summed E-state index contributed by atoms with van der Waals surface area (Å²) in [6.07, 6.45) is -3.32. The molecular formula is C41H68O15. The lowest BCUT2D eigenvalue weighted by molar-refractivity contribution is -0.348. The van der Waals surface area contributed by atoms with Gasteiger partial charge >= 0.3 is 0 Å². The van der Waals surface area contributed by atoms with Crippen LogP contribution in [0.15, 0.2) is 12.2 Å². The minimum atomic E-state index is -1.57. The fraction of sp³-hybridized carbons (Fsp3) is 0.951. The summed E-state index contributed by atoms with van der Waals surface area (Å²) < 4.78 is 48.0. The van der Waals surface area contributed by atoms with Gasteiger partial charge in [0.1, 0.15) is 48.8 Å².